The van der Waals surface area contributed by atoms with E-state index in [9.17, 15) is 18.7 Å². The smallest absolute Gasteiger partial charge is 0.407 e. The highest BCUT2D eigenvalue weighted by atomic mass is 32.1. The molecule has 2 aliphatic rings. The zero-order valence-electron chi connectivity index (χ0n) is 19.0. The minimum absolute atomic E-state index is 0.0321. The lowest BCUT2D eigenvalue weighted by atomic mass is 10.00. The van der Waals surface area contributed by atoms with Gasteiger partial charge in [-0.25, -0.2) is 13.6 Å². The molecule has 3 aromatic rings. The van der Waals surface area contributed by atoms with Crippen LogP contribution in [-0.2, 0) is 30.8 Å². The molecule has 1 saturated heterocycles. The quantitative estimate of drug-likeness (QED) is 0.393. The average Bonchev–Trinajstić information content (AvgIpc) is 3.60. The maximum absolute atomic E-state index is 12.9. The molecule has 5 rings (SSSR count). The van der Waals surface area contributed by atoms with Crippen LogP contribution in [0.25, 0.3) is 10.4 Å². The number of aliphatic hydroxyl groups excluding tert-OH is 1. The number of hydrogen-bond donors (Lipinski definition) is 4. The second-order valence-corrected chi connectivity index (χ2v) is 9.87. The predicted octanol–water partition coefficient (Wildman–Crippen LogP) is 4.13. The number of amides is 1. The van der Waals surface area contributed by atoms with Gasteiger partial charge < -0.3 is 25.8 Å². The molecule has 3 heterocycles. The van der Waals surface area contributed by atoms with Crippen molar-refractivity contribution in [3.8, 4) is 10.4 Å². The third-order valence-corrected chi connectivity index (χ3v) is 7.51. The SMILES string of the molecule is O=C(NCc1ccc2c(c1)CNC2)O[C@@H]1C(O)CN[C@@H]1Cc1ccc(-c2cc(C(F)F)cs2)cc1. The summed E-state index contributed by atoms with van der Waals surface area (Å²) in [4.78, 5) is 13.3. The molecular formula is C26H27F2N3O3S. The minimum atomic E-state index is -2.47. The van der Waals surface area contributed by atoms with Crippen LogP contribution in [0, 0.1) is 0 Å². The molecule has 4 N–H and O–H groups in total. The third kappa shape index (κ3) is 5.54. The lowest BCUT2D eigenvalue weighted by Crippen LogP contribution is -2.41. The van der Waals surface area contributed by atoms with E-state index in [1.54, 1.807) is 0 Å². The number of rotatable bonds is 7. The Hall–Kier alpha value is -2.85. The van der Waals surface area contributed by atoms with Gasteiger partial charge in [0, 0.05) is 42.0 Å². The Bertz CT molecular complexity index is 1180. The number of ether oxygens (including phenoxy) is 1. The highest BCUT2D eigenvalue weighted by Gasteiger charge is 2.37. The Morgan fingerprint density at radius 2 is 1.89 bits per heavy atom. The van der Waals surface area contributed by atoms with Gasteiger partial charge in [0.25, 0.3) is 6.43 Å². The Morgan fingerprint density at radius 1 is 1.11 bits per heavy atom. The highest BCUT2D eigenvalue weighted by Crippen LogP contribution is 2.32. The van der Waals surface area contributed by atoms with Gasteiger partial charge in [0.1, 0.15) is 12.2 Å². The molecule has 184 valence electrons. The predicted molar refractivity (Wildman–Crippen MR) is 130 cm³/mol. The van der Waals surface area contributed by atoms with Crippen molar-refractivity contribution in [2.45, 2.75) is 50.7 Å². The van der Waals surface area contributed by atoms with Gasteiger partial charge >= 0.3 is 6.09 Å². The van der Waals surface area contributed by atoms with Crippen molar-refractivity contribution in [2.24, 2.45) is 0 Å². The summed E-state index contributed by atoms with van der Waals surface area (Å²) in [6.45, 7) is 2.39. The Balaban J connectivity index is 1.16. The van der Waals surface area contributed by atoms with E-state index in [0.29, 0.717) is 19.5 Å². The van der Waals surface area contributed by atoms with E-state index < -0.39 is 24.7 Å². The van der Waals surface area contributed by atoms with Crippen LogP contribution < -0.4 is 16.0 Å². The first-order valence-corrected chi connectivity index (χ1v) is 12.5. The molecule has 35 heavy (non-hydrogen) atoms. The van der Waals surface area contributed by atoms with E-state index in [2.05, 4.69) is 28.1 Å². The monoisotopic (exact) mass is 499 g/mol. The van der Waals surface area contributed by atoms with Crippen molar-refractivity contribution in [3.63, 3.8) is 0 Å². The van der Waals surface area contributed by atoms with Crippen molar-refractivity contribution >= 4 is 17.4 Å². The molecule has 0 radical (unpaired) electrons. The van der Waals surface area contributed by atoms with Crippen LogP contribution >= 0.6 is 11.3 Å². The van der Waals surface area contributed by atoms with Gasteiger partial charge in [-0.1, -0.05) is 42.5 Å². The standard InChI is InChI=1S/C26H27F2N3O3S/c27-25(28)20-9-23(35-14-20)17-4-1-15(2-5-17)8-21-24(22(32)13-30-21)34-26(33)31-10-16-3-6-18-11-29-12-19(18)7-16/h1-7,9,14,21-22,24-25,29-30,32H,8,10-13H2,(H,31,33)/t21-,22?,24+/m1/s1. The number of β-amino-alcohol motifs (C(OH)–C–C–N with tert-alkyl or cyclic N) is 1. The topological polar surface area (TPSA) is 82.6 Å². The van der Waals surface area contributed by atoms with Crippen molar-refractivity contribution in [2.75, 3.05) is 6.54 Å². The Labute approximate surface area is 206 Å². The number of nitrogens with one attached hydrogen (secondary N) is 3. The highest BCUT2D eigenvalue weighted by molar-refractivity contribution is 7.13. The summed E-state index contributed by atoms with van der Waals surface area (Å²) in [5.74, 6) is 0. The molecule has 1 amide bonds. The van der Waals surface area contributed by atoms with Crippen molar-refractivity contribution in [3.05, 3.63) is 81.7 Å². The fourth-order valence-electron chi connectivity index (χ4n) is 4.59. The summed E-state index contributed by atoms with van der Waals surface area (Å²) in [7, 11) is 0. The molecule has 9 heteroatoms. The molecule has 0 aliphatic carbocycles. The minimum Gasteiger partial charge on any atom is -0.442 e. The van der Waals surface area contributed by atoms with Gasteiger partial charge in [-0.05, 0) is 40.3 Å². The van der Waals surface area contributed by atoms with Gasteiger partial charge in [0.15, 0.2) is 0 Å². The zero-order chi connectivity index (χ0) is 24.4. The molecular weight excluding hydrogens is 472 g/mol. The molecule has 2 aromatic carbocycles. The first-order valence-electron chi connectivity index (χ1n) is 11.6. The summed E-state index contributed by atoms with van der Waals surface area (Å²) in [6.07, 6.45) is -3.96. The lowest BCUT2D eigenvalue weighted by Gasteiger charge is -2.22. The number of halogens is 2. The van der Waals surface area contributed by atoms with Gasteiger partial charge in [-0.2, -0.15) is 0 Å². The number of fused-ring (bicyclic) bond motifs is 1. The molecule has 0 saturated carbocycles. The summed E-state index contributed by atoms with van der Waals surface area (Å²) in [5.41, 5.74) is 5.42. The molecule has 1 unspecified atom stereocenters. The van der Waals surface area contributed by atoms with Crippen molar-refractivity contribution in [1.82, 2.24) is 16.0 Å². The van der Waals surface area contributed by atoms with Crippen LogP contribution in [0.1, 0.15) is 34.2 Å². The molecule has 1 fully saturated rings. The number of carbonyl (C=O) groups excluding carboxylic acids is 1. The Morgan fingerprint density at radius 3 is 2.66 bits per heavy atom. The largest absolute Gasteiger partial charge is 0.442 e. The average molecular weight is 500 g/mol. The van der Waals surface area contributed by atoms with Gasteiger partial charge in [-0.3, -0.25) is 0 Å². The zero-order valence-corrected chi connectivity index (χ0v) is 19.8. The number of aliphatic hydroxyl groups is 1. The summed E-state index contributed by atoms with van der Waals surface area (Å²) in [5, 5.41) is 21.2. The third-order valence-electron chi connectivity index (χ3n) is 6.51. The van der Waals surface area contributed by atoms with E-state index in [1.807, 2.05) is 30.3 Å². The van der Waals surface area contributed by atoms with Crippen LogP contribution in [0.2, 0.25) is 0 Å². The summed E-state index contributed by atoms with van der Waals surface area (Å²) in [6, 6.07) is 15.1. The first-order chi connectivity index (χ1) is 17.0. The van der Waals surface area contributed by atoms with Gasteiger partial charge in [-0.15, -0.1) is 11.3 Å². The summed E-state index contributed by atoms with van der Waals surface area (Å²) >= 11 is 1.29. The fourth-order valence-corrected chi connectivity index (χ4v) is 5.51. The maximum Gasteiger partial charge on any atom is 0.407 e. The van der Waals surface area contributed by atoms with Crippen LogP contribution in [-0.4, -0.2) is 36.0 Å². The molecule has 6 nitrogen and oxygen atoms in total. The van der Waals surface area contributed by atoms with Gasteiger partial charge in [0.2, 0.25) is 0 Å². The molecule has 2 aliphatic heterocycles. The van der Waals surface area contributed by atoms with E-state index in [0.717, 1.165) is 34.7 Å². The van der Waals surface area contributed by atoms with Crippen LogP contribution in [0.5, 0.6) is 0 Å². The second-order valence-electron chi connectivity index (χ2n) is 8.96. The van der Waals surface area contributed by atoms with Crippen LogP contribution in [0.4, 0.5) is 13.6 Å². The molecule has 0 bridgehead atoms. The normalized spacial score (nSPS) is 21.3. The first kappa shape index (κ1) is 23.9. The van der Waals surface area contributed by atoms with Crippen molar-refractivity contribution in [1.29, 1.82) is 0 Å². The van der Waals surface area contributed by atoms with Crippen LogP contribution in [0.15, 0.2) is 53.9 Å². The Kier molecular flexibility index (Phi) is 7.10. The van der Waals surface area contributed by atoms with Crippen LogP contribution in [0.3, 0.4) is 0 Å². The van der Waals surface area contributed by atoms with E-state index in [1.165, 1.54) is 33.9 Å². The number of hydrogen-bond acceptors (Lipinski definition) is 6. The van der Waals surface area contributed by atoms with E-state index >= 15 is 0 Å². The number of alkyl carbamates (subject to hydrolysis) is 1. The second kappa shape index (κ2) is 10.4. The number of benzene rings is 2. The fraction of sp³-hybridized carbons (Fsp3) is 0.346. The van der Waals surface area contributed by atoms with E-state index in [-0.39, 0.29) is 11.6 Å². The van der Waals surface area contributed by atoms with Gasteiger partial charge in [0.05, 0.1) is 6.04 Å². The number of thiophene rings is 1. The molecule has 1 aromatic heterocycles. The number of carbonyl (C=O) groups is 1. The maximum atomic E-state index is 12.9. The lowest BCUT2D eigenvalue weighted by molar-refractivity contribution is 0.0188. The van der Waals surface area contributed by atoms with Crippen molar-refractivity contribution < 1.29 is 23.4 Å². The molecule has 3 atom stereocenters. The summed E-state index contributed by atoms with van der Waals surface area (Å²) < 4.78 is 31.3. The molecule has 0 spiro atoms. The van der Waals surface area contributed by atoms with E-state index in [4.69, 9.17) is 4.74 Å². The number of alkyl halides is 2.